The fourth-order valence-corrected chi connectivity index (χ4v) is 4.98. The van der Waals surface area contributed by atoms with E-state index >= 15 is 0 Å². The molecule has 3 amide bonds. The van der Waals surface area contributed by atoms with E-state index in [1.807, 2.05) is 31.2 Å². The van der Waals surface area contributed by atoms with Gasteiger partial charge in [-0.05, 0) is 69.4 Å². The second-order valence-corrected chi connectivity index (χ2v) is 12.3. The number of carbonyl (C=O) groups is 3. The van der Waals surface area contributed by atoms with Crippen LogP contribution in [-0.4, -0.2) is 52.6 Å². The zero-order chi connectivity index (χ0) is 31.8. The lowest BCUT2D eigenvalue weighted by Gasteiger charge is -2.35. The molecule has 8 heteroatoms. The molecule has 0 radical (unpaired) electrons. The van der Waals surface area contributed by atoms with Crippen molar-refractivity contribution in [3.05, 3.63) is 65.2 Å². The Bertz CT molecular complexity index is 1140. The molecule has 0 saturated heterocycles. The third-order valence-electron chi connectivity index (χ3n) is 7.27. The molecular weight excluding hydrogens is 542 g/mol. The predicted octanol–water partition coefficient (Wildman–Crippen LogP) is 6.98. The highest BCUT2D eigenvalue weighted by atomic mass is 16.6. The average molecular weight is 596 g/mol. The minimum Gasteiger partial charge on any atom is -0.508 e. The standard InChI is InChI=1S/C35H53N3O5/c1-7-9-11-12-13-16-24-38(31(32(40)36-23-10-8-2)29-18-15-14-17-26(29)3)33(41)30(37-34(42)43-35(4,5)6)25-27-19-21-28(39)22-20-27/h14-15,17-22,30-31,39H,7-13,16,23-25H2,1-6H3,(H,36,40)(H,37,42). The summed E-state index contributed by atoms with van der Waals surface area (Å²) in [6.07, 6.45) is 7.41. The van der Waals surface area contributed by atoms with Crippen LogP contribution in [0.15, 0.2) is 48.5 Å². The van der Waals surface area contributed by atoms with Gasteiger partial charge in [-0.1, -0.05) is 88.8 Å². The molecule has 0 heterocycles. The first-order valence-electron chi connectivity index (χ1n) is 15.9. The van der Waals surface area contributed by atoms with E-state index in [1.54, 1.807) is 49.9 Å². The zero-order valence-corrected chi connectivity index (χ0v) is 27.1. The summed E-state index contributed by atoms with van der Waals surface area (Å²) < 4.78 is 5.53. The van der Waals surface area contributed by atoms with Gasteiger partial charge in [0.1, 0.15) is 23.4 Å². The highest BCUT2D eigenvalue weighted by Gasteiger charge is 2.36. The predicted molar refractivity (Wildman–Crippen MR) is 172 cm³/mol. The van der Waals surface area contributed by atoms with Crippen LogP contribution in [-0.2, 0) is 20.7 Å². The molecule has 0 bridgehead atoms. The van der Waals surface area contributed by atoms with Gasteiger partial charge >= 0.3 is 6.09 Å². The molecule has 238 valence electrons. The van der Waals surface area contributed by atoms with Crippen LogP contribution in [0.4, 0.5) is 4.79 Å². The third-order valence-corrected chi connectivity index (χ3v) is 7.27. The van der Waals surface area contributed by atoms with Crippen LogP contribution in [0.3, 0.4) is 0 Å². The Labute approximate surface area is 258 Å². The normalized spacial score (nSPS) is 12.7. The number of phenolic OH excluding ortho intramolecular Hbond substituents is 1. The summed E-state index contributed by atoms with van der Waals surface area (Å²) in [5, 5.41) is 15.7. The lowest BCUT2D eigenvalue weighted by molar-refractivity contribution is -0.142. The summed E-state index contributed by atoms with van der Waals surface area (Å²) in [6, 6.07) is 12.3. The Morgan fingerprint density at radius 1 is 0.884 bits per heavy atom. The quantitative estimate of drug-likeness (QED) is 0.171. The Morgan fingerprint density at radius 2 is 1.51 bits per heavy atom. The number of phenols is 1. The number of rotatable bonds is 17. The van der Waals surface area contributed by atoms with Crippen LogP contribution in [0.1, 0.15) is 109 Å². The molecule has 2 rings (SSSR count). The highest BCUT2D eigenvalue weighted by molar-refractivity contribution is 5.92. The number of amides is 3. The molecule has 0 aliphatic carbocycles. The summed E-state index contributed by atoms with van der Waals surface area (Å²) >= 11 is 0. The van der Waals surface area contributed by atoms with Gasteiger partial charge in [-0.15, -0.1) is 0 Å². The molecule has 2 unspecified atom stereocenters. The number of carbonyl (C=O) groups excluding carboxylic acids is 3. The fourth-order valence-electron chi connectivity index (χ4n) is 4.98. The van der Waals surface area contributed by atoms with Crippen LogP contribution < -0.4 is 10.6 Å². The number of benzene rings is 2. The van der Waals surface area contributed by atoms with Gasteiger partial charge in [0, 0.05) is 19.5 Å². The molecule has 0 spiro atoms. The van der Waals surface area contributed by atoms with Crippen molar-refractivity contribution < 1.29 is 24.2 Å². The molecule has 0 aromatic heterocycles. The van der Waals surface area contributed by atoms with Crippen molar-refractivity contribution in [2.75, 3.05) is 13.1 Å². The van der Waals surface area contributed by atoms with Crippen molar-refractivity contribution in [2.24, 2.45) is 0 Å². The van der Waals surface area contributed by atoms with Gasteiger partial charge in [0.05, 0.1) is 0 Å². The van der Waals surface area contributed by atoms with Crippen molar-refractivity contribution in [1.82, 2.24) is 15.5 Å². The number of ether oxygens (including phenoxy) is 1. The maximum absolute atomic E-state index is 14.6. The van der Waals surface area contributed by atoms with Gasteiger partial charge in [0.15, 0.2) is 0 Å². The Balaban J connectivity index is 2.52. The molecule has 8 nitrogen and oxygen atoms in total. The number of nitrogens with zero attached hydrogens (tertiary/aromatic N) is 1. The van der Waals surface area contributed by atoms with Crippen LogP contribution in [0.2, 0.25) is 0 Å². The summed E-state index contributed by atoms with van der Waals surface area (Å²) in [4.78, 5) is 43.1. The first-order valence-corrected chi connectivity index (χ1v) is 15.9. The van der Waals surface area contributed by atoms with Crippen molar-refractivity contribution in [2.45, 2.75) is 117 Å². The summed E-state index contributed by atoms with van der Waals surface area (Å²) in [5.74, 6) is -0.478. The van der Waals surface area contributed by atoms with E-state index in [2.05, 4.69) is 24.5 Å². The molecule has 0 fully saturated rings. The average Bonchev–Trinajstić information content (AvgIpc) is 2.94. The second-order valence-electron chi connectivity index (χ2n) is 12.3. The van der Waals surface area contributed by atoms with E-state index in [9.17, 15) is 19.5 Å². The highest BCUT2D eigenvalue weighted by Crippen LogP contribution is 2.27. The first-order chi connectivity index (χ1) is 20.5. The van der Waals surface area contributed by atoms with E-state index in [4.69, 9.17) is 4.74 Å². The molecule has 0 saturated carbocycles. The summed E-state index contributed by atoms with van der Waals surface area (Å²) in [6.45, 7) is 12.4. The van der Waals surface area contributed by atoms with Crippen LogP contribution in [0, 0.1) is 6.92 Å². The number of aromatic hydroxyl groups is 1. The van der Waals surface area contributed by atoms with Gasteiger partial charge in [0.2, 0.25) is 11.8 Å². The number of unbranched alkanes of at least 4 members (excludes halogenated alkanes) is 6. The third kappa shape index (κ3) is 12.7. The molecule has 0 aliphatic heterocycles. The van der Waals surface area contributed by atoms with Crippen molar-refractivity contribution in [1.29, 1.82) is 0 Å². The maximum Gasteiger partial charge on any atom is 0.408 e. The van der Waals surface area contributed by atoms with E-state index in [-0.39, 0.29) is 24.0 Å². The minimum atomic E-state index is -0.991. The lowest BCUT2D eigenvalue weighted by Crippen LogP contribution is -2.54. The first kappa shape index (κ1) is 35.6. The van der Waals surface area contributed by atoms with Gasteiger partial charge in [-0.3, -0.25) is 9.59 Å². The minimum absolute atomic E-state index is 0.111. The zero-order valence-electron chi connectivity index (χ0n) is 27.1. The number of hydrogen-bond acceptors (Lipinski definition) is 5. The SMILES string of the molecule is CCCCCCCCN(C(=O)C(Cc1ccc(O)cc1)NC(=O)OC(C)(C)C)C(C(=O)NCCCC)c1ccccc1C. The molecule has 2 aromatic rings. The Hall–Kier alpha value is -3.55. The topological polar surface area (TPSA) is 108 Å². The van der Waals surface area contributed by atoms with Crippen LogP contribution in [0.5, 0.6) is 5.75 Å². The second kappa shape index (κ2) is 18.2. The smallest absolute Gasteiger partial charge is 0.408 e. The van der Waals surface area contributed by atoms with Crippen LogP contribution >= 0.6 is 0 Å². The summed E-state index contributed by atoms with van der Waals surface area (Å²) in [5.41, 5.74) is 1.68. The maximum atomic E-state index is 14.6. The van der Waals surface area contributed by atoms with Gasteiger partial charge in [0.25, 0.3) is 0 Å². The number of hydrogen-bond donors (Lipinski definition) is 3. The molecule has 3 N–H and O–H groups in total. The van der Waals surface area contributed by atoms with E-state index in [0.29, 0.717) is 13.1 Å². The van der Waals surface area contributed by atoms with Crippen molar-refractivity contribution in [3.8, 4) is 5.75 Å². The molecule has 0 aliphatic rings. The summed E-state index contributed by atoms with van der Waals surface area (Å²) in [7, 11) is 0. The van der Waals surface area contributed by atoms with Crippen molar-refractivity contribution in [3.63, 3.8) is 0 Å². The monoisotopic (exact) mass is 595 g/mol. The van der Waals surface area contributed by atoms with Gasteiger partial charge in [-0.2, -0.15) is 0 Å². The van der Waals surface area contributed by atoms with Crippen LogP contribution in [0.25, 0.3) is 0 Å². The van der Waals surface area contributed by atoms with E-state index < -0.39 is 23.8 Å². The number of alkyl carbamates (subject to hydrolysis) is 1. The lowest BCUT2D eigenvalue weighted by atomic mass is 9.96. The van der Waals surface area contributed by atoms with Gasteiger partial charge in [-0.25, -0.2) is 4.79 Å². The number of nitrogens with one attached hydrogen (secondary N) is 2. The van der Waals surface area contributed by atoms with E-state index in [0.717, 1.165) is 61.6 Å². The Morgan fingerprint density at radius 3 is 2.14 bits per heavy atom. The van der Waals surface area contributed by atoms with Gasteiger partial charge < -0.3 is 25.4 Å². The Kier molecular flexibility index (Phi) is 15.1. The largest absolute Gasteiger partial charge is 0.508 e. The molecule has 2 atom stereocenters. The van der Waals surface area contributed by atoms with E-state index in [1.165, 1.54) is 6.42 Å². The fraction of sp³-hybridized carbons (Fsp3) is 0.571. The molecule has 2 aromatic carbocycles. The molecular formula is C35H53N3O5. The molecule has 43 heavy (non-hydrogen) atoms. The van der Waals surface area contributed by atoms with Crippen molar-refractivity contribution >= 4 is 17.9 Å². The number of aryl methyl sites for hydroxylation is 1.